The van der Waals surface area contributed by atoms with Crippen LogP contribution in [0.25, 0.3) is 6.08 Å². The topological polar surface area (TPSA) is 60.7 Å². The van der Waals surface area contributed by atoms with Gasteiger partial charge in [0, 0.05) is 5.02 Å². The number of fused-ring (bicyclic) bond motifs is 1. The van der Waals surface area contributed by atoms with E-state index in [1.54, 1.807) is 56.3 Å². The summed E-state index contributed by atoms with van der Waals surface area (Å²) in [6.45, 7) is 3.63. The van der Waals surface area contributed by atoms with Crippen LogP contribution in [0.4, 0.5) is 4.39 Å². The molecule has 0 amide bonds. The minimum Gasteiger partial charge on any atom is -0.463 e. The molecule has 2 aromatic carbocycles. The van der Waals surface area contributed by atoms with E-state index >= 15 is 0 Å². The van der Waals surface area contributed by atoms with Gasteiger partial charge in [-0.2, -0.15) is 0 Å². The Hall–Kier alpha value is -3.03. The molecule has 0 unspecified atom stereocenters. The van der Waals surface area contributed by atoms with Crippen LogP contribution in [0, 0.1) is 5.82 Å². The third kappa shape index (κ3) is 3.98. The van der Waals surface area contributed by atoms with Gasteiger partial charge in [-0.15, -0.1) is 0 Å². The highest BCUT2D eigenvalue weighted by Crippen LogP contribution is 2.34. The number of rotatable bonds is 4. The second-order valence-corrected chi connectivity index (χ2v) is 8.29. The van der Waals surface area contributed by atoms with Crippen LogP contribution in [0.3, 0.4) is 0 Å². The highest BCUT2D eigenvalue weighted by Gasteiger charge is 2.34. The van der Waals surface area contributed by atoms with E-state index in [1.165, 1.54) is 28.0 Å². The van der Waals surface area contributed by atoms with Crippen molar-refractivity contribution in [1.82, 2.24) is 4.57 Å². The molecular formula is C23H18ClFN2O3S. The third-order valence-corrected chi connectivity index (χ3v) is 6.21. The van der Waals surface area contributed by atoms with Crippen LogP contribution in [-0.4, -0.2) is 17.1 Å². The summed E-state index contributed by atoms with van der Waals surface area (Å²) < 4.78 is 20.4. The number of benzene rings is 2. The highest BCUT2D eigenvalue weighted by molar-refractivity contribution is 7.07. The fraction of sp³-hybridized carbons (Fsp3) is 0.174. The van der Waals surface area contributed by atoms with Gasteiger partial charge in [0.2, 0.25) is 0 Å². The number of hydrogen-bond donors (Lipinski definition) is 0. The molecule has 31 heavy (non-hydrogen) atoms. The predicted molar refractivity (Wildman–Crippen MR) is 118 cm³/mol. The number of ether oxygens (including phenoxy) is 1. The van der Waals surface area contributed by atoms with Crippen molar-refractivity contribution in [2.24, 2.45) is 4.99 Å². The first kappa shape index (κ1) is 21.2. The van der Waals surface area contributed by atoms with E-state index < -0.39 is 12.0 Å². The average molecular weight is 457 g/mol. The number of thiazole rings is 1. The molecule has 0 bridgehead atoms. The lowest BCUT2D eigenvalue weighted by Gasteiger charge is -2.25. The third-order valence-electron chi connectivity index (χ3n) is 4.88. The fourth-order valence-electron chi connectivity index (χ4n) is 3.49. The van der Waals surface area contributed by atoms with Crippen LogP contribution in [0.15, 0.2) is 69.6 Å². The van der Waals surface area contributed by atoms with Crippen molar-refractivity contribution in [3.8, 4) is 0 Å². The van der Waals surface area contributed by atoms with Gasteiger partial charge in [-0.25, -0.2) is 14.2 Å². The summed E-state index contributed by atoms with van der Waals surface area (Å²) in [5, 5.41) is 0.428. The molecule has 0 fully saturated rings. The molecule has 0 saturated heterocycles. The zero-order chi connectivity index (χ0) is 22.1. The summed E-state index contributed by atoms with van der Waals surface area (Å²) in [7, 11) is 0. The van der Waals surface area contributed by atoms with E-state index in [1.807, 2.05) is 0 Å². The Balaban J connectivity index is 1.97. The van der Waals surface area contributed by atoms with E-state index in [0.29, 0.717) is 31.2 Å². The number of hydrogen-bond acceptors (Lipinski definition) is 5. The second-order valence-electron chi connectivity index (χ2n) is 6.88. The minimum atomic E-state index is -0.764. The smallest absolute Gasteiger partial charge is 0.338 e. The average Bonchev–Trinajstić information content (AvgIpc) is 3.04. The van der Waals surface area contributed by atoms with Gasteiger partial charge in [-0.05, 0) is 49.2 Å². The normalized spacial score (nSPS) is 16.1. The zero-order valence-corrected chi connectivity index (χ0v) is 18.3. The van der Waals surface area contributed by atoms with Crippen molar-refractivity contribution in [1.29, 1.82) is 0 Å². The van der Waals surface area contributed by atoms with E-state index in [0.717, 1.165) is 0 Å². The van der Waals surface area contributed by atoms with Gasteiger partial charge in [-0.1, -0.05) is 53.3 Å². The molecule has 0 radical (unpaired) electrons. The molecule has 0 spiro atoms. The van der Waals surface area contributed by atoms with Crippen LogP contribution < -0.4 is 14.9 Å². The highest BCUT2D eigenvalue weighted by atomic mass is 35.5. The summed E-state index contributed by atoms with van der Waals surface area (Å²) in [4.78, 5) is 31.2. The maximum atomic E-state index is 13.4. The lowest BCUT2D eigenvalue weighted by atomic mass is 9.96. The van der Waals surface area contributed by atoms with Crippen LogP contribution in [0.1, 0.15) is 31.0 Å². The first-order valence-electron chi connectivity index (χ1n) is 9.60. The van der Waals surface area contributed by atoms with Crippen molar-refractivity contribution < 1.29 is 13.9 Å². The van der Waals surface area contributed by atoms with E-state index in [-0.39, 0.29) is 23.6 Å². The Labute approximate surface area is 186 Å². The Bertz CT molecular complexity index is 1370. The number of nitrogens with zero attached hydrogens (tertiary/aromatic N) is 2. The molecule has 0 N–H and O–H groups in total. The molecule has 1 aliphatic rings. The monoisotopic (exact) mass is 456 g/mol. The Morgan fingerprint density at radius 2 is 1.97 bits per heavy atom. The van der Waals surface area contributed by atoms with Gasteiger partial charge in [-0.3, -0.25) is 9.36 Å². The number of carbonyl (C=O) groups excluding carboxylic acids is 1. The standard InChI is InChI=1S/C23H18ClFN2O3S/c1-3-30-22(29)19-13(2)26-23-27(20(19)16-6-4-5-7-17(16)24)21(28)18(31-23)12-14-8-10-15(25)11-9-14/h4-12,20H,3H2,1-2H3/b18-12-/t20-/m0/s1. The molecule has 8 heteroatoms. The maximum Gasteiger partial charge on any atom is 0.338 e. The number of aromatic nitrogens is 1. The molecule has 0 aliphatic carbocycles. The van der Waals surface area contributed by atoms with E-state index in [9.17, 15) is 14.0 Å². The fourth-order valence-corrected chi connectivity index (χ4v) is 4.78. The van der Waals surface area contributed by atoms with Crippen molar-refractivity contribution in [3.63, 3.8) is 0 Å². The Morgan fingerprint density at radius 1 is 1.26 bits per heavy atom. The van der Waals surface area contributed by atoms with Gasteiger partial charge in [0.1, 0.15) is 11.9 Å². The van der Waals surface area contributed by atoms with Gasteiger partial charge in [0.05, 0.1) is 22.4 Å². The van der Waals surface area contributed by atoms with Gasteiger partial charge < -0.3 is 4.74 Å². The summed E-state index contributed by atoms with van der Waals surface area (Å²) in [6.07, 6.45) is 1.68. The number of carbonyl (C=O) groups is 1. The molecule has 5 nitrogen and oxygen atoms in total. The SMILES string of the molecule is CCOC(=O)C1=C(C)N=c2s/c(=C\c3ccc(F)cc3)c(=O)n2[C@H]1c1ccccc1Cl. The minimum absolute atomic E-state index is 0.194. The molecular weight excluding hydrogens is 439 g/mol. The Morgan fingerprint density at radius 3 is 2.65 bits per heavy atom. The number of allylic oxidation sites excluding steroid dienone is 1. The van der Waals surface area contributed by atoms with E-state index in [2.05, 4.69) is 4.99 Å². The van der Waals surface area contributed by atoms with Crippen molar-refractivity contribution in [3.05, 3.63) is 101 Å². The first-order chi connectivity index (χ1) is 14.9. The summed E-state index contributed by atoms with van der Waals surface area (Å²) in [5.41, 5.74) is 1.72. The van der Waals surface area contributed by atoms with Crippen LogP contribution in [-0.2, 0) is 9.53 Å². The zero-order valence-electron chi connectivity index (χ0n) is 16.8. The molecule has 0 saturated carbocycles. The van der Waals surface area contributed by atoms with Gasteiger partial charge in [0.15, 0.2) is 4.80 Å². The molecule has 1 atom stereocenters. The molecule has 2 heterocycles. The quantitative estimate of drug-likeness (QED) is 0.564. The lowest BCUT2D eigenvalue weighted by molar-refractivity contribution is -0.139. The predicted octanol–water partition coefficient (Wildman–Crippen LogP) is 3.59. The number of halogens is 2. The van der Waals surface area contributed by atoms with Crippen LogP contribution in [0.5, 0.6) is 0 Å². The summed E-state index contributed by atoms with van der Waals surface area (Å²) in [6, 6.07) is 12.2. The summed E-state index contributed by atoms with van der Waals surface area (Å²) >= 11 is 7.66. The van der Waals surface area contributed by atoms with Crippen molar-refractivity contribution >= 4 is 35.0 Å². The van der Waals surface area contributed by atoms with Crippen molar-refractivity contribution in [2.75, 3.05) is 6.61 Å². The van der Waals surface area contributed by atoms with Gasteiger partial charge >= 0.3 is 5.97 Å². The molecule has 1 aliphatic heterocycles. The largest absolute Gasteiger partial charge is 0.463 e. The first-order valence-corrected chi connectivity index (χ1v) is 10.8. The second kappa shape index (κ2) is 8.61. The molecule has 3 aromatic rings. The van der Waals surface area contributed by atoms with Gasteiger partial charge in [0.25, 0.3) is 5.56 Å². The van der Waals surface area contributed by atoms with Crippen LogP contribution >= 0.6 is 22.9 Å². The maximum absolute atomic E-state index is 13.4. The van der Waals surface area contributed by atoms with E-state index in [4.69, 9.17) is 16.3 Å². The molecule has 4 rings (SSSR count). The Kier molecular flexibility index (Phi) is 5.89. The summed E-state index contributed by atoms with van der Waals surface area (Å²) in [5.74, 6) is -0.895. The molecule has 158 valence electrons. The van der Waals surface area contributed by atoms with Crippen molar-refractivity contribution in [2.45, 2.75) is 19.9 Å². The molecule has 1 aromatic heterocycles. The van der Waals surface area contributed by atoms with Crippen LogP contribution in [0.2, 0.25) is 5.02 Å². The lowest BCUT2D eigenvalue weighted by Crippen LogP contribution is -2.40. The number of esters is 1.